The van der Waals surface area contributed by atoms with Gasteiger partial charge in [-0.25, -0.2) is 4.98 Å². The Morgan fingerprint density at radius 2 is 1.71 bits per heavy atom. The van der Waals surface area contributed by atoms with Gasteiger partial charge in [-0.2, -0.15) is 11.3 Å². The Morgan fingerprint density at radius 3 is 2.50 bits per heavy atom. The second kappa shape index (κ2) is 6.22. The number of thiophene rings is 1. The fourth-order valence-corrected chi connectivity index (χ4v) is 3.17. The fourth-order valence-electron chi connectivity index (χ4n) is 2.50. The quantitative estimate of drug-likeness (QED) is 0.611. The fraction of sp³-hybridized carbons (Fsp3) is 0. The lowest BCUT2D eigenvalue weighted by Crippen LogP contribution is -2.08. The molecular weight excluding hydrogens is 318 g/mol. The van der Waals surface area contributed by atoms with Crippen LogP contribution in [0, 0.1) is 0 Å². The summed E-state index contributed by atoms with van der Waals surface area (Å²) in [5.74, 6) is 0.555. The minimum absolute atomic E-state index is 0.181. The van der Waals surface area contributed by atoms with Crippen molar-refractivity contribution in [3.05, 3.63) is 82.0 Å². The normalized spacial score (nSPS) is 10.7. The molecule has 116 valence electrons. The summed E-state index contributed by atoms with van der Waals surface area (Å²) in [6.45, 7) is 0. The second-order valence-corrected chi connectivity index (χ2v) is 6.10. The van der Waals surface area contributed by atoms with Gasteiger partial charge in [0.2, 0.25) is 0 Å². The van der Waals surface area contributed by atoms with Crippen molar-refractivity contribution in [3.8, 4) is 33.8 Å². The van der Waals surface area contributed by atoms with E-state index in [1.54, 1.807) is 17.5 Å². The van der Waals surface area contributed by atoms with Gasteiger partial charge in [-0.1, -0.05) is 30.3 Å². The first-order chi connectivity index (χ1) is 11.8. The van der Waals surface area contributed by atoms with Crippen molar-refractivity contribution in [1.82, 2.24) is 15.0 Å². The number of nitrogens with zero attached hydrogens (tertiary/aromatic N) is 2. The van der Waals surface area contributed by atoms with Crippen molar-refractivity contribution < 1.29 is 0 Å². The molecule has 24 heavy (non-hydrogen) atoms. The lowest BCUT2D eigenvalue weighted by Gasteiger charge is -2.06. The van der Waals surface area contributed by atoms with Crippen LogP contribution in [0.1, 0.15) is 0 Å². The Morgan fingerprint density at radius 1 is 0.875 bits per heavy atom. The molecule has 1 N–H and O–H groups in total. The number of hydrogen-bond donors (Lipinski definition) is 1. The minimum atomic E-state index is -0.181. The highest BCUT2D eigenvalue weighted by atomic mass is 32.1. The minimum Gasteiger partial charge on any atom is -0.306 e. The van der Waals surface area contributed by atoms with E-state index < -0.39 is 0 Å². The van der Waals surface area contributed by atoms with Crippen LogP contribution in [-0.2, 0) is 0 Å². The van der Waals surface area contributed by atoms with E-state index in [1.807, 2.05) is 54.0 Å². The lowest BCUT2D eigenvalue weighted by atomic mass is 10.1. The molecule has 0 bridgehead atoms. The number of benzene rings is 1. The van der Waals surface area contributed by atoms with Gasteiger partial charge in [0.15, 0.2) is 0 Å². The summed E-state index contributed by atoms with van der Waals surface area (Å²) < 4.78 is 0. The molecule has 0 aliphatic carbocycles. The number of H-pyrrole nitrogens is 1. The van der Waals surface area contributed by atoms with Crippen molar-refractivity contribution in [3.63, 3.8) is 0 Å². The van der Waals surface area contributed by atoms with E-state index in [1.165, 1.54) is 6.07 Å². The van der Waals surface area contributed by atoms with Crippen LogP contribution in [0.15, 0.2) is 76.5 Å². The molecule has 4 aromatic rings. The summed E-state index contributed by atoms with van der Waals surface area (Å²) in [5.41, 5.74) is 4.25. The first kappa shape index (κ1) is 14.5. The van der Waals surface area contributed by atoms with Crippen molar-refractivity contribution >= 4 is 11.3 Å². The van der Waals surface area contributed by atoms with E-state index >= 15 is 0 Å². The average molecular weight is 331 g/mol. The first-order valence-corrected chi connectivity index (χ1v) is 8.39. The van der Waals surface area contributed by atoms with E-state index in [0.29, 0.717) is 11.5 Å². The molecule has 0 aliphatic rings. The van der Waals surface area contributed by atoms with Gasteiger partial charge in [-0.15, -0.1) is 0 Å². The smallest absolute Gasteiger partial charge is 0.251 e. The van der Waals surface area contributed by atoms with Crippen LogP contribution < -0.4 is 5.56 Å². The van der Waals surface area contributed by atoms with Crippen LogP contribution in [0.2, 0.25) is 0 Å². The van der Waals surface area contributed by atoms with Gasteiger partial charge in [-0.05, 0) is 28.5 Å². The summed E-state index contributed by atoms with van der Waals surface area (Å²) in [6.07, 6.45) is 3.54. The monoisotopic (exact) mass is 331 g/mol. The van der Waals surface area contributed by atoms with Crippen LogP contribution in [-0.4, -0.2) is 15.0 Å². The highest BCUT2D eigenvalue weighted by Gasteiger charge is 2.08. The standard InChI is InChI=1S/C19H13N3OS/c23-18-9-17(21-19(22-18)13-4-2-1-3-5-13)16-8-15(10-20-11-16)14-6-7-24-12-14/h1-12H,(H,21,22,23). The topological polar surface area (TPSA) is 58.6 Å². The predicted octanol–water partition coefficient (Wildman–Crippen LogP) is 4.23. The SMILES string of the molecule is O=c1cc(-c2cncc(-c3ccsc3)c2)nc(-c2ccccc2)[nH]1. The molecule has 4 rings (SSSR count). The first-order valence-electron chi connectivity index (χ1n) is 7.44. The zero-order valence-electron chi connectivity index (χ0n) is 12.6. The van der Waals surface area contributed by atoms with E-state index in [0.717, 1.165) is 22.3 Å². The molecule has 0 amide bonds. The van der Waals surface area contributed by atoms with Gasteiger partial charge in [-0.3, -0.25) is 9.78 Å². The molecule has 0 fully saturated rings. The molecule has 3 aromatic heterocycles. The highest BCUT2D eigenvalue weighted by Crippen LogP contribution is 2.26. The zero-order chi connectivity index (χ0) is 16.4. The summed E-state index contributed by atoms with van der Waals surface area (Å²) in [6, 6.07) is 15.2. The van der Waals surface area contributed by atoms with Crippen LogP contribution in [0.5, 0.6) is 0 Å². The molecule has 0 radical (unpaired) electrons. The van der Waals surface area contributed by atoms with E-state index in [4.69, 9.17) is 0 Å². The number of aromatic nitrogens is 3. The Kier molecular flexibility index (Phi) is 3.76. The van der Waals surface area contributed by atoms with E-state index in [-0.39, 0.29) is 5.56 Å². The number of aromatic amines is 1. The van der Waals surface area contributed by atoms with Crippen molar-refractivity contribution in [1.29, 1.82) is 0 Å². The number of rotatable bonds is 3. The third kappa shape index (κ3) is 2.89. The summed E-state index contributed by atoms with van der Waals surface area (Å²) in [7, 11) is 0. The van der Waals surface area contributed by atoms with Crippen LogP contribution >= 0.6 is 11.3 Å². The Balaban J connectivity index is 1.81. The van der Waals surface area contributed by atoms with E-state index in [9.17, 15) is 4.79 Å². The highest BCUT2D eigenvalue weighted by molar-refractivity contribution is 7.08. The number of hydrogen-bond acceptors (Lipinski definition) is 4. The molecule has 0 aliphatic heterocycles. The third-order valence-corrected chi connectivity index (χ3v) is 4.36. The lowest BCUT2D eigenvalue weighted by molar-refractivity contribution is 1.13. The maximum atomic E-state index is 12.1. The number of pyridine rings is 1. The summed E-state index contributed by atoms with van der Waals surface area (Å²) in [4.78, 5) is 23.8. The molecule has 4 nitrogen and oxygen atoms in total. The van der Waals surface area contributed by atoms with Gasteiger partial charge in [0.1, 0.15) is 5.82 Å². The molecule has 0 unspecified atom stereocenters. The molecule has 5 heteroatoms. The van der Waals surface area contributed by atoms with Gasteiger partial charge >= 0.3 is 0 Å². The third-order valence-electron chi connectivity index (χ3n) is 3.68. The summed E-state index contributed by atoms with van der Waals surface area (Å²) in [5, 5.41) is 4.10. The van der Waals surface area contributed by atoms with Gasteiger partial charge < -0.3 is 4.98 Å². The van der Waals surface area contributed by atoms with Crippen LogP contribution in [0.25, 0.3) is 33.8 Å². The maximum Gasteiger partial charge on any atom is 0.251 e. The Labute approximate surface area is 142 Å². The molecule has 0 saturated heterocycles. The van der Waals surface area contributed by atoms with Crippen molar-refractivity contribution in [2.45, 2.75) is 0 Å². The average Bonchev–Trinajstić information content (AvgIpc) is 3.17. The van der Waals surface area contributed by atoms with E-state index in [2.05, 4.69) is 20.3 Å². The van der Waals surface area contributed by atoms with Gasteiger partial charge in [0, 0.05) is 35.2 Å². The summed E-state index contributed by atoms with van der Waals surface area (Å²) >= 11 is 1.64. The Bertz CT molecular complexity index is 1020. The van der Waals surface area contributed by atoms with Crippen molar-refractivity contribution in [2.75, 3.05) is 0 Å². The second-order valence-electron chi connectivity index (χ2n) is 5.32. The van der Waals surface area contributed by atoms with Gasteiger partial charge in [0.05, 0.1) is 5.69 Å². The Hall–Kier alpha value is -3.05. The largest absolute Gasteiger partial charge is 0.306 e. The molecule has 0 spiro atoms. The molecule has 0 saturated carbocycles. The van der Waals surface area contributed by atoms with Crippen molar-refractivity contribution in [2.24, 2.45) is 0 Å². The molecule has 0 atom stereocenters. The predicted molar refractivity (Wildman–Crippen MR) is 96.8 cm³/mol. The van der Waals surface area contributed by atoms with Gasteiger partial charge in [0.25, 0.3) is 5.56 Å². The van der Waals surface area contributed by atoms with Crippen LogP contribution in [0.3, 0.4) is 0 Å². The zero-order valence-corrected chi connectivity index (χ0v) is 13.5. The van der Waals surface area contributed by atoms with Crippen LogP contribution in [0.4, 0.5) is 0 Å². The maximum absolute atomic E-state index is 12.1. The molecule has 1 aromatic carbocycles. The number of nitrogens with one attached hydrogen (secondary N) is 1. The molecule has 3 heterocycles. The molecular formula is C19H13N3OS.